The molecule has 0 saturated heterocycles. The summed E-state index contributed by atoms with van der Waals surface area (Å²) in [6.45, 7) is 0.353. The maximum atomic E-state index is 13.0. The summed E-state index contributed by atoms with van der Waals surface area (Å²) in [6, 6.07) is 17.4. The van der Waals surface area contributed by atoms with Crippen LogP contribution >= 0.6 is 11.3 Å². The highest BCUT2D eigenvalue weighted by molar-refractivity contribution is 7.12. The lowest BCUT2D eigenvalue weighted by Gasteiger charge is -2.09. The number of methoxy groups -OCH3 is 1. The molecule has 0 aliphatic heterocycles. The number of hydrogen-bond acceptors (Lipinski definition) is 6. The third-order valence-electron chi connectivity index (χ3n) is 5.80. The van der Waals surface area contributed by atoms with Crippen LogP contribution < -0.4 is 15.4 Å². The van der Waals surface area contributed by atoms with E-state index in [1.807, 2.05) is 35.7 Å². The molecule has 0 spiro atoms. The molecule has 2 aromatic carbocycles. The first-order chi connectivity index (χ1) is 17.0. The number of amides is 2. The smallest absolute Gasteiger partial charge is 0.342 e. The van der Waals surface area contributed by atoms with Gasteiger partial charge >= 0.3 is 6.03 Å². The summed E-state index contributed by atoms with van der Waals surface area (Å²) in [4.78, 5) is 25.8. The SMILES string of the molecule is COc1ccc(CNC(=O)n2nc(-c3ccc(NC(=O)c4cccs4)cc3O)cc2C2CC2)cc1. The molecule has 9 heteroatoms. The number of rotatable bonds is 7. The van der Waals surface area contributed by atoms with Gasteiger partial charge in [-0.25, -0.2) is 4.79 Å². The quantitative estimate of drug-likeness (QED) is 0.331. The largest absolute Gasteiger partial charge is 0.507 e. The maximum absolute atomic E-state index is 13.0. The standard InChI is InChI=1S/C26H24N4O4S/c1-34-19-9-4-16(5-10-19)15-27-26(33)30-22(17-6-7-17)14-21(29-30)20-11-8-18(13-23(20)31)28-25(32)24-3-2-12-35-24/h2-5,8-14,17,31H,6-7,15H2,1H3,(H,27,33)(H,28,32). The molecular weight excluding hydrogens is 464 g/mol. The Kier molecular flexibility index (Phi) is 6.24. The number of benzene rings is 2. The third-order valence-corrected chi connectivity index (χ3v) is 6.67. The fourth-order valence-electron chi connectivity index (χ4n) is 3.78. The second-order valence-electron chi connectivity index (χ2n) is 8.31. The molecule has 1 saturated carbocycles. The van der Waals surface area contributed by atoms with Gasteiger partial charge in [0.05, 0.1) is 23.4 Å². The van der Waals surface area contributed by atoms with E-state index < -0.39 is 0 Å². The summed E-state index contributed by atoms with van der Waals surface area (Å²) in [5.41, 5.74) is 3.23. The minimum atomic E-state index is -0.326. The van der Waals surface area contributed by atoms with Crippen LogP contribution in [0.1, 0.15) is 39.7 Å². The molecule has 2 amide bonds. The first kappa shape index (κ1) is 22.7. The Morgan fingerprint density at radius 2 is 1.94 bits per heavy atom. The van der Waals surface area contributed by atoms with E-state index in [1.54, 1.807) is 31.4 Å². The molecule has 3 N–H and O–H groups in total. The zero-order chi connectivity index (χ0) is 24.4. The van der Waals surface area contributed by atoms with Crippen LogP contribution in [0.25, 0.3) is 11.3 Å². The number of hydrogen-bond donors (Lipinski definition) is 3. The van der Waals surface area contributed by atoms with Gasteiger partial charge in [0.15, 0.2) is 0 Å². The molecule has 4 aromatic rings. The van der Waals surface area contributed by atoms with Gasteiger partial charge in [-0.3, -0.25) is 4.79 Å². The molecule has 0 bridgehead atoms. The Bertz CT molecular complexity index is 1360. The van der Waals surface area contributed by atoms with Gasteiger partial charge < -0.3 is 20.5 Å². The Hall–Kier alpha value is -4.11. The maximum Gasteiger partial charge on any atom is 0.342 e. The zero-order valence-electron chi connectivity index (χ0n) is 19.0. The second-order valence-corrected chi connectivity index (χ2v) is 9.26. The summed E-state index contributed by atoms with van der Waals surface area (Å²) < 4.78 is 6.56. The summed E-state index contributed by atoms with van der Waals surface area (Å²) in [5.74, 6) is 0.764. The lowest BCUT2D eigenvalue weighted by Crippen LogP contribution is -2.30. The molecule has 0 radical (unpaired) electrons. The normalized spacial score (nSPS) is 12.8. The van der Waals surface area contributed by atoms with Gasteiger partial charge in [-0.15, -0.1) is 11.3 Å². The van der Waals surface area contributed by atoms with Crippen LogP contribution in [0.3, 0.4) is 0 Å². The topological polar surface area (TPSA) is 105 Å². The molecule has 2 aromatic heterocycles. The van der Waals surface area contributed by atoms with Crippen LogP contribution in [0.2, 0.25) is 0 Å². The van der Waals surface area contributed by atoms with Crippen LogP contribution in [0.15, 0.2) is 66.0 Å². The number of phenols is 1. The average Bonchev–Trinajstić information content (AvgIpc) is 3.37. The number of nitrogens with one attached hydrogen (secondary N) is 2. The first-order valence-corrected chi connectivity index (χ1v) is 12.1. The number of carbonyl (C=O) groups is 2. The molecule has 1 aliphatic rings. The van der Waals surface area contributed by atoms with Crippen LogP contribution in [-0.4, -0.2) is 33.9 Å². The van der Waals surface area contributed by atoms with Crippen molar-refractivity contribution in [3.8, 4) is 22.8 Å². The van der Waals surface area contributed by atoms with Crippen LogP contribution in [0.4, 0.5) is 10.5 Å². The molecule has 35 heavy (non-hydrogen) atoms. The lowest BCUT2D eigenvalue weighted by atomic mass is 10.1. The van der Waals surface area contributed by atoms with Crippen molar-refractivity contribution in [3.05, 3.63) is 82.2 Å². The van der Waals surface area contributed by atoms with Gasteiger partial charge in [-0.1, -0.05) is 18.2 Å². The summed E-state index contributed by atoms with van der Waals surface area (Å²) in [7, 11) is 1.61. The van der Waals surface area contributed by atoms with E-state index in [4.69, 9.17) is 4.74 Å². The van der Waals surface area contributed by atoms with Crippen molar-refractivity contribution in [3.63, 3.8) is 0 Å². The highest BCUT2D eigenvalue weighted by Crippen LogP contribution is 2.42. The number of aromatic nitrogens is 2. The molecule has 8 nitrogen and oxygen atoms in total. The minimum Gasteiger partial charge on any atom is -0.507 e. The van der Waals surface area contributed by atoms with Crippen LogP contribution in [0, 0.1) is 0 Å². The predicted octanol–water partition coefficient (Wildman–Crippen LogP) is 5.21. The van der Waals surface area contributed by atoms with E-state index in [1.165, 1.54) is 22.1 Å². The van der Waals surface area contributed by atoms with Crippen molar-refractivity contribution in [2.75, 3.05) is 12.4 Å². The molecule has 1 fully saturated rings. The molecule has 0 unspecified atom stereocenters. The van der Waals surface area contributed by atoms with E-state index in [9.17, 15) is 14.7 Å². The number of anilines is 1. The average molecular weight is 489 g/mol. The highest BCUT2D eigenvalue weighted by atomic mass is 32.1. The summed E-state index contributed by atoms with van der Waals surface area (Å²) in [6.07, 6.45) is 1.99. The van der Waals surface area contributed by atoms with Crippen molar-refractivity contribution < 1.29 is 19.4 Å². The van der Waals surface area contributed by atoms with Crippen molar-refractivity contribution in [1.29, 1.82) is 0 Å². The lowest BCUT2D eigenvalue weighted by molar-refractivity contribution is 0.103. The molecule has 5 rings (SSSR count). The zero-order valence-corrected chi connectivity index (χ0v) is 19.8. The van der Waals surface area contributed by atoms with Gasteiger partial charge in [-0.05, 0) is 60.2 Å². The number of carbonyl (C=O) groups excluding carboxylic acids is 2. The van der Waals surface area contributed by atoms with Gasteiger partial charge in [0.1, 0.15) is 11.5 Å². The van der Waals surface area contributed by atoms with Gasteiger partial charge in [0, 0.05) is 29.8 Å². The first-order valence-electron chi connectivity index (χ1n) is 11.2. The van der Waals surface area contributed by atoms with Gasteiger partial charge in [0.25, 0.3) is 5.91 Å². The van der Waals surface area contributed by atoms with Crippen LogP contribution in [-0.2, 0) is 6.54 Å². The van der Waals surface area contributed by atoms with E-state index in [2.05, 4.69) is 15.7 Å². The molecule has 178 valence electrons. The molecule has 1 aliphatic carbocycles. The highest BCUT2D eigenvalue weighted by Gasteiger charge is 2.30. The molecular formula is C26H24N4O4S. The van der Waals surface area contributed by atoms with Crippen molar-refractivity contribution in [2.24, 2.45) is 0 Å². The Morgan fingerprint density at radius 1 is 1.14 bits per heavy atom. The monoisotopic (exact) mass is 488 g/mol. The Labute approximate surface area is 206 Å². The number of ether oxygens (including phenoxy) is 1. The van der Waals surface area contributed by atoms with Gasteiger partial charge in [0.2, 0.25) is 0 Å². The number of phenolic OH excluding ortho intramolecular Hbond substituents is 1. The van der Waals surface area contributed by atoms with E-state index in [0.717, 1.165) is 29.8 Å². The number of nitrogens with zero attached hydrogens (tertiary/aromatic N) is 2. The summed E-state index contributed by atoms with van der Waals surface area (Å²) >= 11 is 1.34. The van der Waals surface area contributed by atoms with Crippen LogP contribution in [0.5, 0.6) is 11.5 Å². The second kappa shape index (κ2) is 9.63. The number of thiophene rings is 1. The Morgan fingerprint density at radius 3 is 2.60 bits per heavy atom. The van der Waals surface area contributed by atoms with Gasteiger partial charge in [-0.2, -0.15) is 9.78 Å². The molecule has 2 heterocycles. The third kappa shape index (κ3) is 5.04. The van der Waals surface area contributed by atoms with E-state index in [-0.39, 0.29) is 23.6 Å². The Balaban J connectivity index is 1.33. The fraction of sp³-hybridized carbons (Fsp3) is 0.192. The molecule has 0 atom stereocenters. The van der Waals surface area contributed by atoms with E-state index >= 15 is 0 Å². The van der Waals surface area contributed by atoms with Crippen molar-refractivity contribution >= 4 is 29.0 Å². The van der Waals surface area contributed by atoms with E-state index in [0.29, 0.717) is 28.4 Å². The predicted molar refractivity (Wildman–Crippen MR) is 134 cm³/mol. The van der Waals surface area contributed by atoms with Crippen molar-refractivity contribution in [1.82, 2.24) is 15.1 Å². The summed E-state index contributed by atoms with van der Waals surface area (Å²) in [5, 5.41) is 22.7. The minimum absolute atomic E-state index is 0.0281. The van der Waals surface area contributed by atoms with Crippen molar-refractivity contribution in [2.45, 2.75) is 25.3 Å². The fourth-order valence-corrected chi connectivity index (χ4v) is 4.40. The number of aromatic hydroxyl groups is 1.